The van der Waals surface area contributed by atoms with Gasteiger partial charge in [0.15, 0.2) is 5.78 Å². The van der Waals surface area contributed by atoms with Crippen LogP contribution in [0.25, 0.3) is 0 Å². The van der Waals surface area contributed by atoms with Gasteiger partial charge in [0.1, 0.15) is 29.7 Å². The molecule has 31 heteroatoms. The zero-order chi connectivity index (χ0) is 81.7. The van der Waals surface area contributed by atoms with Crippen LogP contribution in [0.4, 0.5) is 21.0 Å². The molecule has 12 atom stereocenters. The molecule has 602 valence electrons. The maximum Gasteiger partial charge on any atom is 0.410 e. The molecule has 0 aliphatic carbocycles. The van der Waals surface area contributed by atoms with Crippen molar-refractivity contribution in [3.8, 4) is 0 Å². The molecule has 0 saturated carbocycles. The first-order valence-electron chi connectivity index (χ1n) is 37.5. The van der Waals surface area contributed by atoms with Crippen LogP contribution in [0.1, 0.15) is 135 Å². The normalized spacial score (nSPS) is 17.4. The molecule has 13 amide bonds. The fraction of sp³-hybridized carbons (Fsp3) is 0.525. The molecule has 1 fully saturated rings. The highest BCUT2D eigenvalue weighted by molar-refractivity contribution is 8.03. The number of thioether (sulfide) groups is 2. The predicted octanol–water partition coefficient (Wildman–Crippen LogP) is 8.35. The Labute approximate surface area is 662 Å². The van der Waals surface area contributed by atoms with E-state index in [0.29, 0.717) is 49.0 Å². The maximum absolute atomic E-state index is 15.0. The highest BCUT2D eigenvalue weighted by Gasteiger charge is 2.46. The fourth-order valence-corrected chi connectivity index (χ4v) is 16.1. The van der Waals surface area contributed by atoms with Crippen LogP contribution in [0.3, 0.4) is 0 Å². The number of aromatic nitrogens is 1. The van der Waals surface area contributed by atoms with Gasteiger partial charge in [0.25, 0.3) is 23.6 Å². The summed E-state index contributed by atoms with van der Waals surface area (Å²) in [6, 6.07) is 15.2. The van der Waals surface area contributed by atoms with E-state index in [1.54, 1.807) is 121 Å². The molecule has 1 saturated heterocycles. The van der Waals surface area contributed by atoms with Crippen molar-refractivity contribution in [2.24, 2.45) is 41.2 Å². The molecule has 3 aliphatic heterocycles. The second-order valence-electron chi connectivity index (χ2n) is 29.3. The summed E-state index contributed by atoms with van der Waals surface area (Å²) >= 11 is 3.62. The van der Waals surface area contributed by atoms with Crippen LogP contribution in [-0.4, -0.2) is 204 Å². The lowest BCUT2D eigenvalue weighted by atomic mass is 9.89. The molecule has 3 aliphatic rings. The van der Waals surface area contributed by atoms with Crippen molar-refractivity contribution in [3.05, 3.63) is 134 Å². The van der Waals surface area contributed by atoms with Crippen molar-refractivity contribution >= 4 is 123 Å². The molecule has 7 N–H and O–H groups in total. The Morgan fingerprint density at radius 2 is 1.32 bits per heavy atom. The largest absolute Gasteiger partial charge is 0.445 e. The van der Waals surface area contributed by atoms with Gasteiger partial charge in [-0.3, -0.25) is 62.5 Å². The van der Waals surface area contributed by atoms with Crippen molar-refractivity contribution in [2.45, 2.75) is 181 Å². The van der Waals surface area contributed by atoms with Gasteiger partial charge in [-0.2, -0.15) is 0 Å². The number of primary amides is 1. The van der Waals surface area contributed by atoms with E-state index in [0.717, 1.165) is 50.0 Å². The molecule has 28 nitrogen and oxygen atoms in total. The Kier molecular flexibility index (Phi) is 33.5. The Morgan fingerprint density at radius 1 is 0.694 bits per heavy atom. The summed E-state index contributed by atoms with van der Waals surface area (Å²) in [5.41, 5.74) is 7.89. The number of likely N-dealkylation sites (tertiary alicyclic amines) is 1. The molecule has 4 heterocycles. The van der Waals surface area contributed by atoms with E-state index in [9.17, 15) is 62.3 Å². The number of ether oxygens (including phenoxy) is 3. The van der Waals surface area contributed by atoms with Gasteiger partial charge in [0.2, 0.25) is 35.4 Å². The molecule has 0 bridgehead atoms. The van der Waals surface area contributed by atoms with Crippen molar-refractivity contribution < 1.29 is 76.5 Å². The van der Waals surface area contributed by atoms with E-state index in [4.69, 9.17) is 19.9 Å². The number of thiazole rings is 1. The molecular weight excluding hydrogens is 1480 g/mol. The summed E-state index contributed by atoms with van der Waals surface area (Å²) in [6.07, 6.45) is 7.11. The van der Waals surface area contributed by atoms with Gasteiger partial charge in [0, 0.05) is 89.6 Å². The lowest BCUT2D eigenvalue weighted by Gasteiger charge is -2.41. The molecule has 7 rings (SSSR count). The number of nitrogens with one attached hydrogen (secondary N) is 5. The number of benzene rings is 3. The number of nitrogens with zero attached hydrogens (tertiary/aromatic N) is 6. The molecule has 111 heavy (non-hydrogen) atoms. The third-order valence-corrected chi connectivity index (χ3v) is 23.0. The third-order valence-electron chi connectivity index (χ3n) is 20.7. The number of rotatable bonds is 41. The Morgan fingerprint density at radius 3 is 1.88 bits per heavy atom. The van der Waals surface area contributed by atoms with Gasteiger partial charge in [-0.15, -0.1) is 34.9 Å². The smallest absolute Gasteiger partial charge is 0.410 e. The van der Waals surface area contributed by atoms with Crippen molar-refractivity contribution in [1.82, 2.24) is 45.9 Å². The van der Waals surface area contributed by atoms with Crippen molar-refractivity contribution in [3.63, 3.8) is 0 Å². The van der Waals surface area contributed by atoms with E-state index in [1.807, 2.05) is 56.5 Å². The second-order valence-corrected chi connectivity index (χ2v) is 31.9. The molecule has 1 aromatic heterocycles. The van der Waals surface area contributed by atoms with Gasteiger partial charge in [0.05, 0.1) is 64.2 Å². The second kappa shape index (κ2) is 41.8. The number of hydrogen-bond acceptors (Lipinski definition) is 20. The minimum atomic E-state index is -1.47. The number of methoxy groups -OCH3 is 2. The van der Waals surface area contributed by atoms with Crippen LogP contribution in [0.2, 0.25) is 0 Å². The topological polar surface area (TPSA) is 365 Å². The lowest BCUT2D eigenvalue weighted by molar-refractivity contribution is -0.148. The minimum absolute atomic E-state index is 0.0722. The van der Waals surface area contributed by atoms with Gasteiger partial charge in [-0.1, -0.05) is 123 Å². The highest BCUT2D eigenvalue weighted by Crippen LogP contribution is 2.34. The number of urea groups is 1. The van der Waals surface area contributed by atoms with Crippen LogP contribution in [0.5, 0.6) is 0 Å². The molecule has 0 radical (unpaired) electrons. The number of hydrogen-bond donors (Lipinski definition) is 6. The van der Waals surface area contributed by atoms with Crippen molar-refractivity contribution in [2.75, 3.05) is 64.1 Å². The van der Waals surface area contributed by atoms with Crippen LogP contribution in [0, 0.1) is 35.5 Å². The van der Waals surface area contributed by atoms with E-state index < -0.39 is 150 Å². The maximum atomic E-state index is 15.0. The average molecular weight is 1590 g/mol. The third kappa shape index (κ3) is 23.2. The van der Waals surface area contributed by atoms with Crippen molar-refractivity contribution in [1.29, 1.82) is 0 Å². The molecule has 0 unspecified atom stereocenters. The van der Waals surface area contributed by atoms with E-state index in [2.05, 4.69) is 31.6 Å². The highest BCUT2D eigenvalue weighted by atomic mass is 32.2. The first kappa shape index (κ1) is 88.9. The number of Topliss-reactive ketones (excluding diaryl/α,β-unsaturated/α-hetero) is 1. The first-order valence-corrected chi connectivity index (χ1v) is 40.8. The van der Waals surface area contributed by atoms with Gasteiger partial charge < -0.3 is 56.3 Å². The number of ketones is 1. The Bertz CT molecular complexity index is 4010. The first-order chi connectivity index (χ1) is 52.8. The molecule has 3 aromatic carbocycles. The summed E-state index contributed by atoms with van der Waals surface area (Å²) in [6.45, 7) is 16.5. The SMILES string of the molecule is CC[C@H](C)[C@@H]([C@@H](CC(=O)N1CCC[C@H]1[C@H](OC)[C@@H](C)C(=O)N[C@@H](Cc1ccccc1)c1nccs1)OC)N(C)C(=O)[C@@H](NC(=O)[C@H](C(C)C)N(C)C(=O)OCc1ccc(NC(=O)[C@H](CCCNC(N)=O)CC(=O)[C@@H](NC(=O)[C@H](Cc2ccc(N3C(=O)C=C(SC)C3=O)cc2)N2C(=O)C=C(SC)C2=O)C(C)C)cc1)C(C)C. The average Bonchev–Trinajstić information content (AvgIpc) is 1.70. The Balaban J connectivity index is 0.967. The minimum Gasteiger partial charge on any atom is -0.445 e. The standard InChI is InChI=1S/C80H108N12O16S3/c1-16-48(8)69(60(106-12)41-63(94)90-36-21-25-57(90)70(107-13)49(9)71(97)85-56(75-82-35-37-111-75)38-50-22-18-17-19-23-50)88(10)78(103)67(46(4)5)87-74(100)68(47(6)7)89(11)80(105)108-44-52-26-30-54(31-27-52)84-72(98)53(24-20-34-83-79(81)104)40-59(93)66(45(2)3)86-73(99)58(92-65(96)43-62(110-15)77(92)102)39-51-28-32-55(33-29-51)91-64(95)42-61(109-14)76(91)101/h17-19,22-23,26-33,35,37,42-43,45-49,53,56-58,60,66-70H,16,20-21,24-25,34,36,38-41,44H2,1-15H3,(H,84,98)(H,85,97)(H,86,99)(H,87,100)(H3,81,83,104)/t48-,49+,53+,56-,57-,58-,60+,66-,67-,68-,69-,70+/m0/s1. The number of nitrogens with two attached hydrogens (primary N) is 1. The van der Waals surface area contributed by atoms with Crippen LogP contribution in [0.15, 0.2) is 112 Å². The number of imide groups is 2. The Hall–Kier alpha value is -9.30. The van der Waals surface area contributed by atoms with Gasteiger partial charge in [-0.05, 0) is 109 Å². The number of carbonyl (C=O) groups excluding carboxylic acids is 13. The zero-order valence-electron chi connectivity index (χ0n) is 66.0. The predicted molar refractivity (Wildman–Crippen MR) is 426 cm³/mol. The van der Waals surface area contributed by atoms with Gasteiger partial charge in [-0.25, -0.2) is 19.5 Å². The summed E-state index contributed by atoms with van der Waals surface area (Å²) in [5.74, 6) is -9.28. The van der Waals surface area contributed by atoms with E-state index >= 15 is 0 Å². The molecular formula is C80H108N12O16S3. The number of amides is 13. The summed E-state index contributed by atoms with van der Waals surface area (Å²) < 4.78 is 18.0. The van der Waals surface area contributed by atoms with Crippen LogP contribution >= 0.6 is 34.9 Å². The fourth-order valence-electron chi connectivity index (χ4n) is 14.4. The number of likely N-dealkylation sites (N-methyl/N-ethyl adjacent to an activating group) is 2. The molecule has 0 spiro atoms. The lowest BCUT2D eigenvalue weighted by Crippen LogP contribution is -2.60. The summed E-state index contributed by atoms with van der Waals surface area (Å²) in [4.78, 5) is 191. The monoisotopic (exact) mass is 1590 g/mol. The van der Waals surface area contributed by atoms with Gasteiger partial charge >= 0.3 is 12.1 Å². The van der Waals surface area contributed by atoms with E-state index in [-0.39, 0.29) is 78.1 Å². The van der Waals surface area contributed by atoms with Crippen LogP contribution < -0.4 is 37.2 Å². The summed E-state index contributed by atoms with van der Waals surface area (Å²) in [5, 5.41) is 16.9. The van der Waals surface area contributed by atoms with Crippen LogP contribution in [-0.2, 0) is 86.4 Å². The number of anilines is 2. The number of carbonyl (C=O) groups is 13. The molecule has 4 aromatic rings. The zero-order valence-corrected chi connectivity index (χ0v) is 68.4. The summed E-state index contributed by atoms with van der Waals surface area (Å²) in [7, 11) is 6.12. The van der Waals surface area contributed by atoms with E-state index in [1.165, 1.54) is 48.6 Å². The quantitative estimate of drug-likeness (QED) is 0.0179.